The highest BCUT2D eigenvalue weighted by atomic mass is 35.5. The number of amides is 1. The molecule has 0 bridgehead atoms. The zero-order valence-corrected chi connectivity index (χ0v) is 19.8. The fourth-order valence-corrected chi connectivity index (χ4v) is 4.85. The van der Waals surface area contributed by atoms with Crippen molar-refractivity contribution >= 4 is 80.8 Å². The standard InChI is InChI=1S/C23H14Cl3NO2S2/c24-16-7-5-14(6-8-16)13-29-20-4-2-1-3-15(20)11-21-22(28)27(23(30)31-21)19-10-9-17(25)12-18(19)26/h1-12H,13H2/b21-11-. The highest BCUT2D eigenvalue weighted by Gasteiger charge is 2.34. The summed E-state index contributed by atoms with van der Waals surface area (Å²) in [7, 11) is 0. The van der Waals surface area contributed by atoms with Crippen LogP contribution < -0.4 is 9.64 Å². The van der Waals surface area contributed by atoms with Gasteiger partial charge >= 0.3 is 0 Å². The molecule has 1 amide bonds. The van der Waals surface area contributed by atoms with Crippen LogP contribution in [0, 0.1) is 0 Å². The predicted octanol–water partition coefficient (Wildman–Crippen LogP) is 7.63. The molecule has 156 valence electrons. The van der Waals surface area contributed by atoms with E-state index >= 15 is 0 Å². The summed E-state index contributed by atoms with van der Waals surface area (Å²) in [4.78, 5) is 15.0. The lowest BCUT2D eigenvalue weighted by atomic mass is 10.1. The number of anilines is 1. The molecule has 0 radical (unpaired) electrons. The molecule has 0 aliphatic carbocycles. The molecule has 1 heterocycles. The highest BCUT2D eigenvalue weighted by Crippen LogP contribution is 2.40. The van der Waals surface area contributed by atoms with Crippen LogP contribution in [0.2, 0.25) is 15.1 Å². The third-order valence-corrected chi connectivity index (χ3v) is 6.55. The summed E-state index contributed by atoms with van der Waals surface area (Å²) in [5, 5.41) is 1.52. The first-order chi connectivity index (χ1) is 14.9. The van der Waals surface area contributed by atoms with Crippen LogP contribution in [-0.4, -0.2) is 10.2 Å². The molecule has 1 saturated heterocycles. The van der Waals surface area contributed by atoms with Crippen LogP contribution in [0.25, 0.3) is 6.08 Å². The van der Waals surface area contributed by atoms with E-state index in [1.165, 1.54) is 16.7 Å². The van der Waals surface area contributed by atoms with Gasteiger partial charge in [0.2, 0.25) is 0 Å². The predicted molar refractivity (Wildman–Crippen MR) is 134 cm³/mol. The SMILES string of the molecule is O=C1/C(=C/c2ccccc2OCc2ccc(Cl)cc2)SC(=S)N1c1ccc(Cl)cc1Cl. The van der Waals surface area contributed by atoms with Gasteiger partial charge in [0.05, 0.1) is 15.6 Å². The quantitative estimate of drug-likeness (QED) is 0.263. The molecule has 3 nitrogen and oxygen atoms in total. The summed E-state index contributed by atoms with van der Waals surface area (Å²) in [6.45, 7) is 0.378. The molecule has 0 unspecified atom stereocenters. The molecule has 1 fully saturated rings. The number of halogens is 3. The molecule has 0 spiro atoms. The number of nitrogens with zero attached hydrogens (tertiary/aromatic N) is 1. The number of carbonyl (C=O) groups excluding carboxylic acids is 1. The third-order valence-electron chi connectivity index (χ3n) is 4.46. The van der Waals surface area contributed by atoms with Gasteiger partial charge < -0.3 is 4.74 Å². The van der Waals surface area contributed by atoms with Crippen molar-refractivity contribution < 1.29 is 9.53 Å². The van der Waals surface area contributed by atoms with E-state index in [1.54, 1.807) is 24.3 Å². The van der Waals surface area contributed by atoms with Crippen LogP contribution in [0.15, 0.2) is 71.6 Å². The minimum absolute atomic E-state index is 0.244. The van der Waals surface area contributed by atoms with Gasteiger partial charge in [-0.3, -0.25) is 9.69 Å². The number of hydrogen-bond acceptors (Lipinski definition) is 4. The monoisotopic (exact) mass is 505 g/mol. The van der Waals surface area contributed by atoms with Gasteiger partial charge in [0.15, 0.2) is 4.32 Å². The Balaban J connectivity index is 1.58. The number of para-hydroxylation sites is 1. The molecular formula is C23H14Cl3NO2S2. The number of carbonyl (C=O) groups is 1. The molecular weight excluding hydrogens is 493 g/mol. The van der Waals surface area contributed by atoms with Gasteiger partial charge in [0.25, 0.3) is 5.91 Å². The smallest absolute Gasteiger partial charge is 0.270 e. The summed E-state index contributed by atoms with van der Waals surface area (Å²) in [6, 6.07) is 19.9. The summed E-state index contributed by atoms with van der Waals surface area (Å²) in [6.07, 6.45) is 1.78. The molecule has 0 saturated carbocycles. The summed E-state index contributed by atoms with van der Waals surface area (Å²) < 4.78 is 6.39. The maximum absolute atomic E-state index is 13.1. The van der Waals surface area contributed by atoms with Crippen LogP contribution in [0.3, 0.4) is 0 Å². The lowest BCUT2D eigenvalue weighted by molar-refractivity contribution is -0.113. The minimum atomic E-state index is -0.244. The van der Waals surface area contributed by atoms with E-state index in [0.29, 0.717) is 42.3 Å². The van der Waals surface area contributed by atoms with Gasteiger partial charge in [-0.25, -0.2) is 0 Å². The minimum Gasteiger partial charge on any atom is -0.488 e. The second-order valence-electron chi connectivity index (χ2n) is 6.57. The number of rotatable bonds is 5. The van der Waals surface area contributed by atoms with Gasteiger partial charge in [0.1, 0.15) is 12.4 Å². The van der Waals surface area contributed by atoms with E-state index in [1.807, 2.05) is 48.5 Å². The van der Waals surface area contributed by atoms with Gasteiger partial charge in [-0.15, -0.1) is 0 Å². The van der Waals surface area contributed by atoms with E-state index in [9.17, 15) is 4.79 Å². The van der Waals surface area contributed by atoms with E-state index in [4.69, 9.17) is 51.8 Å². The van der Waals surface area contributed by atoms with Crippen molar-refractivity contribution in [3.8, 4) is 5.75 Å². The van der Waals surface area contributed by atoms with E-state index in [-0.39, 0.29) is 5.91 Å². The highest BCUT2D eigenvalue weighted by molar-refractivity contribution is 8.27. The van der Waals surface area contributed by atoms with E-state index in [2.05, 4.69) is 0 Å². The Kier molecular flexibility index (Phi) is 6.89. The van der Waals surface area contributed by atoms with Gasteiger partial charge in [0, 0.05) is 15.6 Å². The molecule has 3 aromatic rings. The Morgan fingerprint density at radius 3 is 2.42 bits per heavy atom. The summed E-state index contributed by atoms with van der Waals surface area (Å²) in [5.41, 5.74) is 2.27. The zero-order chi connectivity index (χ0) is 22.0. The largest absolute Gasteiger partial charge is 0.488 e. The summed E-state index contributed by atoms with van der Waals surface area (Å²) in [5.74, 6) is 0.416. The van der Waals surface area contributed by atoms with Crippen molar-refractivity contribution in [3.05, 3.63) is 97.8 Å². The van der Waals surface area contributed by atoms with Crippen molar-refractivity contribution in [2.75, 3.05) is 4.90 Å². The number of thiocarbonyl (C=S) groups is 1. The number of hydrogen-bond donors (Lipinski definition) is 0. The first-order valence-electron chi connectivity index (χ1n) is 9.11. The lowest BCUT2D eigenvalue weighted by Gasteiger charge is -2.16. The van der Waals surface area contributed by atoms with Crippen LogP contribution in [0.5, 0.6) is 5.75 Å². The molecule has 0 aromatic heterocycles. The molecule has 31 heavy (non-hydrogen) atoms. The van der Waals surface area contributed by atoms with Crippen molar-refractivity contribution in [1.29, 1.82) is 0 Å². The Morgan fingerprint density at radius 1 is 0.968 bits per heavy atom. The third kappa shape index (κ3) is 5.08. The molecule has 8 heteroatoms. The van der Waals surface area contributed by atoms with Crippen LogP contribution >= 0.6 is 58.8 Å². The molecule has 0 N–H and O–H groups in total. The first kappa shape index (κ1) is 22.2. The molecule has 4 rings (SSSR count). The lowest BCUT2D eigenvalue weighted by Crippen LogP contribution is -2.27. The van der Waals surface area contributed by atoms with Crippen molar-refractivity contribution in [2.45, 2.75) is 6.61 Å². The van der Waals surface area contributed by atoms with E-state index < -0.39 is 0 Å². The maximum atomic E-state index is 13.1. The Hall–Kier alpha value is -2.02. The molecule has 0 atom stereocenters. The molecule has 3 aromatic carbocycles. The Labute approximate surface area is 204 Å². The van der Waals surface area contributed by atoms with Gasteiger partial charge in [-0.1, -0.05) is 89.1 Å². The van der Waals surface area contributed by atoms with Gasteiger partial charge in [-0.2, -0.15) is 0 Å². The second-order valence-corrected chi connectivity index (χ2v) is 9.52. The van der Waals surface area contributed by atoms with Crippen molar-refractivity contribution in [3.63, 3.8) is 0 Å². The average molecular weight is 507 g/mol. The zero-order valence-electron chi connectivity index (χ0n) is 15.8. The number of benzene rings is 3. The maximum Gasteiger partial charge on any atom is 0.270 e. The van der Waals surface area contributed by atoms with Crippen LogP contribution in [-0.2, 0) is 11.4 Å². The molecule has 1 aliphatic heterocycles. The van der Waals surface area contributed by atoms with Gasteiger partial charge in [-0.05, 0) is 48.0 Å². The Morgan fingerprint density at radius 2 is 1.68 bits per heavy atom. The van der Waals surface area contributed by atoms with Crippen LogP contribution in [0.4, 0.5) is 5.69 Å². The fourth-order valence-electron chi connectivity index (χ4n) is 2.95. The van der Waals surface area contributed by atoms with Crippen LogP contribution in [0.1, 0.15) is 11.1 Å². The average Bonchev–Trinajstić information content (AvgIpc) is 3.02. The number of ether oxygens (including phenoxy) is 1. The van der Waals surface area contributed by atoms with E-state index in [0.717, 1.165) is 11.1 Å². The summed E-state index contributed by atoms with van der Waals surface area (Å²) >= 11 is 24.9. The molecule has 1 aliphatic rings. The van der Waals surface area contributed by atoms with Crippen molar-refractivity contribution in [2.24, 2.45) is 0 Å². The fraction of sp³-hybridized carbons (Fsp3) is 0.0435. The normalized spacial score (nSPS) is 15.1. The second kappa shape index (κ2) is 9.63. The first-order valence-corrected chi connectivity index (χ1v) is 11.5. The Bertz CT molecular complexity index is 1200. The van der Waals surface area contributed by atoms with Crippen molar-refractivity contribution in [1.82, 2.24) is 0 Å². The topological polar surface area (TPSA) is 29.5 Å². The number of thioether (sulfide) groups is 1.